The van der Waals surface area contributed by atoms with Crippen LogP contribution in [0.4, 0.5) is 4.79 Å². The molecule has 0 aliphatic carbocycles. The van der Waals surface area contributed by atoms with Crippen LogP contribution in [0.3, 0.4) is 0 Å². The lowest BCUT2D eigenvalue weighted by Crippen LogP contribution is -2.38. The molecule has 0 saturated heterocycles. The number of benzene rings is 1. The van der Waals surface area contributed by atoms with Gasteiger partial charge in [-0.3, -0.25) is 9.67 Å². The van der Waals surface area contributed by atoms with Gasteiger partial charge in [-0.2, -0.15) is 5.10 Å². The van der Waals surface area contributed by atoms with E-state index >= 15 is 0 Å². The van der Waals surface area contributed by atoms with Crippen LogP contribution in [0.25, 0.3) is 0 Å². The number of ether oxygens (including phenoxy) is 1. The molecule has 1 aromatic carbocycles. The van der Waals surface area contributed by atoms with Crippen molar-refractivity contribution in [1.82, 2.24) is 25.4 Å². The summed E-state index contributed by atoms with van der Waals surface area (Å²) in [5.41, 5.74) is 4.11. The van der Waals surface area contributed by atoms with Gasteiger partial charge in [-0.1, -0.05) is 36.4 Å². The van der Waals surface area contributed by atoms with Crippen molar-refractivity contribution in [1.29, 1.82) is 0 Å². The minimum atomic E-state index is -0.245. The van der Waals surface area contributed by atoms with Gasteiger partial charge in [0.2, 0.25) is 0 Å². The van der Waals surface area contributed by atoms with Crippen LogP contribution in [0.5, 0.6) is 0 Å². The molecule has 1 atom stereocenters. The van der Waals surface area contributed by atoms with Gasteiger partial charge < -0.3 is 15.4 Å². The Balaban J connectivity index is 1.33. The predicted molar refractivity (Wildman–Crippen MR) is 105 cm³/mol. The zero-order valence-corrected chi connectivity index (χ0v) is 15.5. The van der Waals surface area contributed by atoms with E-state index in [0.29, 0.717) is 19.7 Å². The van der Waals surface area contributed by atoms with Crippen LogP contribution in [0, 0.1) is 0 Å². The summed E-state index contributed by atoms with van der Waals surface area (Å²) < 4.78 is 7.80. The molecule has 7 nitrogen and oxygen atoms in total. The smallest absolute Gasteiger partial charge is 0.315 e. The molecule has 0 radical (unpaired) electrons. The van der Waals surface area contributed by atoms with Crippen molar-refractivity contribution in [2.45, 2.75) is 25.6 Å². The van der Waals surface area contributed by atoms with Crippen LogP contribution in [0.2, 0.25) is 0 Å². The molecule has 2 amide bonds. The highest BCUT2D eigenvalue weighted by Crippen LogP contribution is 2.25. The fourth-order valence-electron chi connectivity index (χ4n) is 3.26. The SMILES string of the molecule is O=C(NCc1ccccn1)NCC1OCCc2cn(Cc3ccccc3)nc21. The first-order chi connectivity index (χ1) is 13.8. The second-order valence-electron chi connectivity index (χ2n) is 6.72. The molecule has 3 heterocycles. The molecule has 4 rings (SSSR count). The lowest BCUT2D eigenvalue weighted by molar-refractivity contribution is 0.0411. The Hall–Kier alpha value is -3.19. The highest BCUT2D eigenvalue weighted by atomic mass is 16.5. The summed E-state index contributed by atoms with van der Waals surface area (Å²) in [4.78, 5) is 16.3. The van der Waals surface area contributed by atoms with Gasteiger partial charge in [0.25, 0.3) is 0 Å². The van der Waals surface area contributed by atoms with Crippen LogP contribution in [-0.4, -0.2) is 33.9 Å². The Morgan fingerprint density at radius 3 is 2.82 bits per heavy atom. The van der Waals surface area contributed by atoms with Gasteiger partial charge in [0.05, 0.1) is 37.6 Å². The van der Waals surface area contributed by atoms with Crippen molar-refractivity contribution in [3.8, 4) is 0 Å². The molecule has 0 saturated carbocycles. The molecule has 1 unspecified atom stereocenters. The number of pyridine rings is 1. The minimum Gasteiger partial charge on any atom is -0.370 e. The number of urea groups is 1. The largest absolute Gasteiger partial charge is 0.370 e. The summed E-state index contributed by atoms with van der Waals surface area (Å²) in [5, 5.41) is 10.4. The van der Waals surface area contributed by atoms with Crippen molar-refractivity contribution in [3.05, 3.63) is 83.4 Å². The summed E-state index contributed by atoms with van der Waals surface area (Å²) in [6.07, 6.45) is 4.39. The molecule has 0 fully saturated rings. The number of nitrogens with zero attached hydrogens (tertiary/aromatic N) is 3. The number of carbonyl (C=O) groups excluding carboxylic acids is 1. The summed E-state index contributed by atoms with van der Waals surface area (Å²) >= 11 is 0. The van der Waals surface area contributed by atoms with Gasteiger partial charge in [-0.15, -0.1) is 0 Å². The quantitative estimate of drug-likeness (QED) is 0.691. The number of fused-ring (bicyclic) bond motifs is 1. The predicted octanol–water partition coefficient (Wildman–Crippen LogP) is 2.44. The van der Waals surface area contributed by atoms with Crippen molar-refractivity contribution in [2.24, 2.45) is 0 Å². The minimum absolute atomic E-state index is 0.235. The molecule has 7 heteroatoms. The maximum Gasteiger partial charge on any atom is 0.315 e. The number of hydrogen-bond donors (Lipinski definition) is 2. The number of aromatic nitrogens is 3. The lowest BCUT2D eigenvalue weighted by atomic mass is 10.1. The first kappa shape index (κ1) is 18.2. The van der Waals surface area contributed by atoms with E-state index in [2.05, 4.69) is 33.9 Å². The van der Waals surface area contributed by atoms with Gasteiger partial charge >= 0.3 is 6.03 Å². The number of amides is 2. The molecule has 0 spiro atoms. The van der Waals surface area contributed by atoms with Crippen LogP contribution in [0.1, 0.15) is 28.6 Å². The molecule has 3 aromatic rings. The van der Waals surface area contributed by atoms with Gasteiger partial charge in [-0.05, 0) is 29.7 Å². The van der Waals surface area contributed by atoms with Crippen molar-refractivity contribution < 1.29 is 9.53 Å². The maximum absolute atomic E-state index is 12.1. The number of hydrogen-bond acceptors (Lipinski definition) is 4. The van der Waals surface area contributed by atoms with Gasteiger partial charge in [0.1, 0.15) is 6.10 Å². The monoisotopic (exact) mass is 377 g/mol. The molecule has 0 bridgehead atoms. The van der Waals surface area contributed by atoms with E-state index in [4.69, 9.17) is 9.84 Å². The van der Waals surface area contributed by atoms with E-state index in [1.54, 1.807) is 6.20 Å². The van der Waals surface area contributed by atoms with Crippen LogP contribution in [-0.2, 0) is 24.2 Å². The number of rotatable bonds is 6. The lowest BCUT2D eigenvalue weighted by Gasteiger charge is -2.22. The third-order valence-electron chi connectivity index (χ3n) is 4.66. The molecule has 1 aliphatic heterocycles. The Morgan fingerprint density at radius 2 is 2.00 bits per heavy atom. The summed E-state index contributed by atoms with van der Waals surface area (Å²) in [6.45, 7) is 2.11. The topological polar surface area (TPSA) is 81.1 Å². The third-order valence-corrected chi connectivity index (χ3v) is 4.66. The molecular weight excluding hydrogens is 354 g/mol. The molecule has 2 aromatic heterocycles. The Kier molecular flexibility index (Phi) is 5.63. The number of nitrogens with one attached hydrogen (secondary N) is 2. The summed E-state index contributed by atoms with van der Waals surface area (Å²) in [7, 11) is 0. The van der Waals surface area contributed by atoms with Crippen molar-refractivity contribution in [2.75, 3.05) is 13.2 Å². The highest BCUT2D eigenvalue weighted by Gasteiger charge is 2.25. The zero-order valence-electron chi connectivity index (χ0n) is 15.5. The molecule has 1 aliphatic rings. The fourth-order valence-corrected chi connectivity index (χ4v) is 3.26. The van der Waals surface area contributed by atoms with E-state index < -0.39 is 0 Å². The Bertz CT molecular complexity index is 911. The molecule has 2 N–H and O–H groups in total. The zero-order chi connectivity index (χ0) is 19.2. The van der Waals surface area contributed by atoms with Crippen molar-refractivity contribution in [3.63, 3.8) is 0 Å². The fraction of sp³-hybridized carbons (Fsp3) is 0.286. The summed E-state index contributed by atoms with van der Waals surface area (Å²) in [6, 6.07) is 15.6. The molecule has 28 heavy (non-hydrogen) atoms. The standard InChI is InChI=1S/C21H23N5O2/c27-21(23-12-18-8-4-5-10-22-18)24-13-19-20-17(9-11-28-19)15-26(25-20)14-16-6-2-1-3-7-16/h1-8,10,15,19H,9,11-14H2,(H2,23,24,27). The van der Waals surface area contributed by atoms with E-state index in [1.807, 2.05) is 41.1 Å². The maximum atomic E-state index is 12.1. The van der Waals surface area contributed by atoms with E-state index in [0.717, 1.165) is 24.4 Å². The Morgan fingerprint density at radius 1 is 1.14 bits per heavy atom. The number of carbonyl (C=O) groups is 1. The van der Waals surface area contributed by atoms with E-state index in [9.17, 15) is 4.79 Å². The van der Waals surface area contributed by atoms with Gasteiger partial charge in [0, 0.05) is 12.4 Å². The highest BCUT2D eigenvalue weighted by molar-refractivity contribution is 5.73. The third kappa shape index (κ3) is 4.55. The van der Waals surface area contributed by atoms with Crippen LogP contribution >= 0.6 is 0 Å². The normalized spacial score (nSPS) is 15.6. The molecular formula is C21H23N5O2. The molecule has 144 valence electrons. The second-order valence-corrected chi connectivity index (χ2v) is 6.72. The van der Waals surface area contributed by atoms with Gasteiger partial charge in [-0.25, -0.2) is 4.79 Å². The van der Waals surface area contributed by atoms with Gasteiger partial charge in [0.15, 0.2) is 0 Å². The van der Waals surface area contributed by atoms with Crippen molar-refractivity contribution >= 4 is 6.03 Å². The average molecular weight is 377 g/mol. The van der Waals surface area contributed by atoms with E-state index in [-0.39, 0.29) is 12.1 Å². The van der Waals surface area contributed by atoms with Crippen LogP contribution < -0.4 is 10.6 Å². The first-order valence-electron chi connectivity index (χ1n) is 9.41. The first-order valence-corrected chi connectivity index (χ1v) is 9.41. The van der Waals surface area contributed by atoms with E-state index in [1.165, 1.54) is 11.1 Å². The summed E-state index contributed by atoms with van der Waals surface area (Å²) in [5.74, 6) is 0. The second kappa shape index (κ2) is 8.67. The van der Waals surface area contributed by atoms with Crippen LogP contribution in [0.15, 0.2) is 60.9 Å². The average Bonchev–Trinajstić information content (AvgIpc) is 3.15. The Labute approximate surface area is 163 Å².